The molecule has 4 rings (SSSR count). The van der Waals surface area contributed by atoms with Crippen LogP contribution in [0.1, 0.15) is 48.4 Å². The van der Waals surface area contributed by atoms with Crippen molar-refractivity contribution in [3.8, 4) is 17.3 Å². The van der Waals surface area contributed by atoms with Crippen molar-refractivity contribution < 1.29 is 4.79 Å². The number of hydrogen-bond acceptors (Lipinski definition) is 4. The summed E-state index contributed by atoms with van der Waals surface area (Å²) < 4.78 is 1.82. The summed E-state index contributed by atoms with van der Waals surface area (Å²) in [5.74, 6) is 0.318. The summed E-state index contributed by atoms with van der Waals surface area (Å²) in [6.45, 7) is 6.06. The van der Waals surface area contributed by atoms with Crippen LogP contribution >= 0.6 is 0 Å². The average Bonchev–Trinajstić information content (AvgIpc) is 3.42. The molecule has 0 aliphatic heterocycles. The predicted molar refractivity (Wildman–Crippen MR) is 102 cm³/mol. The van der Waals surface area contributed by atoms with Crippen molar-refractivity contribution in [2.24, 2.45) is 5.92 Å². The quantitative estimate of drug-likeness (QED) is 0.773. The molecule has 0 unspecified atom stereocenters. The number of benzene rings is 1. The number of imidazole rings is 1. The van der Waals surface area contributed by atoms with Gasteiger partial charge in [0, 0.05) is 16.8 Å². The molecular weight excluding hydrogens is 338 g/mol. The molecule has 1 amide bonds. The molecule has 136 valence electrons. The van der Waals surface area contributed by atoms with E-state index in [2.05, 4.69) is 35.2 Å². The van der Waals surface area contributed by atoms with Crippen LogP contribution in [0.2, 0.25) is 0 Å². The zero-order chi connectivity index (χ0) is 19.2. The first-order valence-corrected chi connectivity index (χ1v) is 9.07. The summed E-state index contributed by atoms with van der Waals surface area (Å²) >= 11 is 0. The topological polar surface area (TPSA) is 83.1 Å². The number of rotatable bonds is 4. The number of aromatic nitrogens is 3. The van der Waals surface area contributed by atoms with E-state index >= 15 is 0 Å². The predicted octanol–water partition coefficient (Wildman–Crippen LogP) is 3.49. The maximum absolute atomic E-state index is 12.9. The Bertz CT molecular complexity index is 1090. The van der Waals surface area contributed by atoms with Crippen LogP contribution in [0.5, 0.6) is 0 Å². The Morgan fingerprint density at radius 1 is 1.33 bits per heavy atom. The molecule has 0 radical (unpaired) electrons. The van der Waals surface area contributed by atoms with Gasteiger partial charge in [-0.1, -0.05) is 12.1 Å². The number of nitrogens with zero attached hydrogens (tertiary/aromatic N) is 4. The van der Waals surface area contributed by atoms with Gasteiger partial charge < -0.3 is 5.32 Å². The van der Waals surface area contributed by atoms with Crippen LogP contribution in [0.15, 0.2) is 36.7 Å². The molecule has 1 saturated carbocycles. The zero-order valence-electron chi connectivity index (χ0n) is 15.7. The summed E-state index contributed by atoms with van der Waals surface area (Å²) in [5, 5.41) is 12.3. The van der Waals surface area contributed by atoms with Crippen molar-refractivity contribution in [2.75, 3.05) is 0 Å². The van der Waals surface area contributed by atoms with Gasteiger partial charge in [0.05, 0.1) is 17.3 Å². The van der Waals surface area contributed by atoms with Gasteiger partial charge in [0.25, 0.3) is 5.91 Å². The van der Waals surface area contributed by atoms with Gasteiger partial charge in [0.15, 0.2) is 11.3 Å². The monoisotopic (exact) mass is 359 g/mol. The fourth-order valence-electron chi connectivity index (χ4n) is 3.44. The Morgan fingerprint density at radius 3 is 2.81 bits per heavy atom. The lowest BCUT2D eigenvalue weighted by atomic mass is 9.98. The highest BCUT2D eigenvalue weighted by Gasteiger charge is 2.39. The van der Waals surface area contributed by atoms with Gasteiger partial charge in [0.2, 0.25) is 0 Å². The van der Waals surface area contributed by atoms with Crippen LogP contribution in [-0.2, 0) is 0 Å². The molecule has 3 aromatic rings. The molecule has 2 aromatic heterocycles. The molecule has 27 heavy (non-hydrogen) atoms. The summed E-state index contributed by atoms with van der Waals surface area (Å²) in [5.41, 5.74) is 3.65. The number of amides is 1. The number of fused-ring (bicyclic) bond motifs is 1. The molecule has 1 fully saturated rings. The SMILES string of the molecule is Cc1cc(-c2cccc(C#N)c2)nc2c(C(=O)NC(C)(C)C3CC3)ncn12. The Morgan fingerprint density at radius 2 is 2.11 bits per heavy atom. The highest BCUT2D eigenvalue weighted by molar-refractivity contribution is 5.98. The summed E-state index contributed by atoms with van der Waals surface area (Å²) in [4.78, 5) is 21.9. The number of carbonyl (C=O) groups excluding carboxylic acids is 1. The molecule has 1 aliphatic rings. The fourth-order valence-corrected chi connectivity index (χ4v) is 3.44. The van der Waals surface area contributed by atoms with E-state index in [0.717, 1.165) is 24.1 Å². The number of nitriles is 1. The second kappa shape index (κ2) is 6.20. The van der Waals surface area contributed by atoms with Crippen LogP contribution in [-0.4, -0.2) is 25.8 Å². The van der Waals surface area contributed by atoms with Gasteiger partial charge in [-0.25, -0.2) is 9.97 Å². The van der Waals surface area contributed by atoms with Crippen molar-refractivity contribution in [2.45, 2.75) is 39.2 Å². The smallest absolute Gasteiger partial charge is 0.274 e. The maximum Gasteiger partial charge on any atom is 0.274 e. The van der Waals surface area contributed by atoms with E-state index in [-0.39, 0.29) is 11.4 Å². The molecular formula is C21H21N5O. The minimum Gasteiger partial charge on any atom is -0.345 e. The van der Waals surface area contributed by atoms with E-state index in [1.807, 2.05) is 29.5 Å². The second-order valence-electron chi connectivity index (χ2n) is 7.71. The van der Waals surface area contributed by atoms with Crippen molar-refractivity contribution in [1.82, 2.24) is 19.7 Å². The van der Waals surface area contributed by atoms with E-state index < -0.39 is 0 Å². The molecule has 6 nitrogen and oxygen atoms in total. The number of aryl methyl sites for hydroxylation is 1. The van der Waals surface area contributed by atoms with E-state index in [4.69, 9.17) is 5.26 Å². The third-order valence-corrected chi connectivity index (χ3v) is 5.23. The summed E-state index contributed by atoms with van der Waals surface area (Å²) in [7, 11) is 0. The van der Waals surface area contributed by atoms with Gasteiger partial charge >= 0.3 is 0 Å². The minimum atomic E-state index is -0.249. The molecule has 0 atom stereocenters. The highest BCUT2D eigenvalue weighted by Crippen LogP contribution is 2.39. The zero-order valence-corrected chi connectivity index (χ0v) is 15.7. The Labute approximate surface area is 157 Å². The molecule has 6 heteroatoms. The fraction of sp³-hybridized carbons (Fsp3) is 0.333. The standard InChI is InChI=1S/C21H21N5O/c1-13-9-17(15-6-4-5-14(10-15)11-22)24-19-18(23-12-26(13)19)20(27)25-21(2,3)16-7-8-16/h4-6,9-10,12,16H,7-8H2,1-3H3,(H,25,27). The van der Waals surface area contributed by atoms with Crippen molar-refractivity contribution in [3.63, 3.8) is 0 Å². The van der Waals surface area contributed by atoms with Crippen LogP contribution < -0.4 is 5.32 Å². The number of nitrogens with one attached hydrogen (secondary N) is 1. The van der Waals surface area contributed by atoms with Gasteiger partial charge in [0.1, 0.15) is 6.33 Å². The molecule has 0 saturated heterocycles. The van der Waals surface area contributed by atoms with Crippen LogP contribution in [0.25, 0.3) is 16.9 Å². The lowest BCUT2D eigenvalue weighted by Crippen LogP contribution is -2.45. The molecule has 1 aromatic carbocycles. The largest absolute Gasteiger partial charge is 0.345 e. The number of hydrogen-bond donors (Lipinski definition) is 1. The lowest BCUT2D eigenvalue weighted by molar-refractivity contribution is 0.0900. The van der Waals surface area contributed by atoms with Crippen molar-refractivity contribution in [3.05, 3.63) is 53.6 Å². The van der Waals surface area contributed by atoms with Crippen molar-refractivity contribution in [1.29, 1.82) is 5.26 Å². The van der Waals surface area contributed by atoms with E-state index in [1.165, 1.54) is 0 Å². The van der Waals surface area contributed by atoms with Crippen molar-refractivity contribution >= 4 is 11.6 Å². The second-order valence-corrected chi connectivity index (χ2v) is 7.71. The van der Waals surface area contributed by atoms with E-state index in [9.17, 15) is 4.79 Å². The highest BCUT2D eigenvalue weighted by atomic mass is 16.2. The lowest BCUT2D eigenvalue weighted by Gasteiger charge is -2.25. The third kappa shape index (κ3) is 3.17. The first-order valence-electron chi connectivity index (χ1n) is 9.07. The first-order chi connectivity index (χ1) is 12.9. The number of carbonyl (C=O) groups is 1. The molecule has 1 aliphatic carbocycles. The van der Waals surface area contributed by atoms with E-state index in [1.54, 1.807) is 18.5 Å². The summed E-state index contributed by atoms with van der Waals surface area (Å²) in [6, 6.07) is 11.4. The maximum atomic E-state index is 12.9. The van der Waals surface area contributed by atoms with Crippen LogP contribution in [0, 0.1) is 24.2 Å². The average molecular weight is 359 g/mol. The van der Waals surface area contributed by atoms with Crippen LogP contribution in [0.3, 0.4) is 0 Å². The van der Waals surface area contributed by atoms with Gasteiger partial charge in [-0.05, 0) is 57.7 Å². The molecule has 0 bridgehead atoms. The Kier molecular flexibility index (Phi) is 3.96. The van der Waals surface area contributed by atoms with Gasteiger partial charge in [-0.3, -0.25) is 9.20 Å². The Hall–Kier alpha value is -3.20. The molecule has 1 N–H and O–H groups in total. The Balaban J connectivity index is 1.76. The first kappa shape index (κ1) is 17.2. The third-order valence-electron chi connectivity index (χ3n) is 5.23. The van der Waals surface area contributed by atoms with Crippen LogP contribution in [0.4, 0.5) is 0 Å². The van der Waals surface area contributed by atoms with Gasteiger partial charge in [-0.2, -0.15) is 5.26 Å². The summed E-state index contributed by atoms with van der Waals surface area (Å²) in [6.07, 6.45) is 3.92. The molecule has 0 spiro atoms. The minimum absolute atomic E-state index is 0.204. The van der Waals surface area contributed by atoms with Gasteiger partial charge in [-0.15, -0.1) is 0 Å². The van der Waals surface area contributed by atoms with E-state index in [0.29, 0.717) is 28.5 Å². The normalized spacial score (nSPS) is 14.1. The molecule has 2 heterocycles.